The zero-order chi connectivity index (χ0) is 14.8. The molecule has 0 unspecified atom stereocenters. The lowest BCUT2D eigenvalue weighted by Gasteiger charge is -2.32. The molecule has 0 heterocycles. The van der Waals surface area contributed by atoms with Crippen molar-refractivity contribution in [3.05, 3.63) is 28.8 Å². The number of sulfonamides is 1. The van der Waals surface area contributed by atoms with E-state index in [0.717, 1.165) is 31.2 Å². The topological polar surface area (TPSA) is 37.4 Å². The Hall–Kier alpha value is -0.580. The molecule has 20 heavy (non-hydrogen) atoms. The van der Waals surface area contributed by atoms with Crippen LogP contribution in [0.3, 0.4) is 0 Å². The van der Waals surface area contributed by atoms with Crippen molar-refractivity contribution in [1.29, 1.82) is 0 Å². The highest BCUT2D eigenvalue weighted by molar-refractivity contribution is 7.89. The molecular weight excluding hydrogens is 294 g/mol. The predicted octanol–water partition coefficient (Wildman–Crippen LogP) is 3.99. The molecule has 2 rings (SSSR count). The van der Waals surface area contributed by atoms with Crippen molar-refractivity contribution in [1.82, 2.24) is 4.31 Å². The van der Waals surface area contributed by atoms with E-state index < -0.39 is 10.0 Å². The van der Waals surface area contributed by atoms with Crippen molar-refractivity contribution in [2.75, 3.05) is 6.54 Å². The van der Waals surface area contributed by atoms with Crippen LogP contribution in [0.4, 0.5) is 0 Å². The zero-order valence-electron chi connectivity index (χ0n) is 12.1. The highest BCUT2D eigenvalue weighted by Crippen LogP contribution is 2.31. The molecule has 1 aliphatic carbocycles. The van der Waals surface area contributed by atoms with Gasteiger partial charge in [0.15, 0.2) is 0 Å². The van der Waals surface area contributed by atoms with Gasteiger partial charge in [-0.3, -0.25) is 0 Å². The first-order chi connectivity index (χ1) is 9.46. The van der Waals surface area contributed by atoms with Crippen LogP contribution in [-0.4, -0.2) is 25.3 Å². The second-order valence-electron chi connectivity index (χ2n) is 5.43. The lowest BCUT2D eigenvalue weighted by molar-refractivity contribution is 0.261. The van der Waals surface area contributed by atoms with E-state index in [1.165, 1.54) is 6.42 Å². The zero-order valence-corrected chi connectivity index (χ0v) is 13.7. The average molecular weight is 316 g/mol. The summed E-state index contributed by atoms with van der Waals surface area (Å²) in [5, 5.41) is 0.319. The fraction of sp³-hybridized carbons (Fsp3) is 0.600. The lowest BCUT2D eigenvalue weighted by atomic mass is 9.95. The minimum absolute atomic E-state index is 0.121. The molecule has 0 bridgehead atoms. The van der Waals surface area contributed by atoms with E-state index in [1.807, 2.05) is 13.8 Å². The quantitative estimate of drug-likeness (QED) is 0.842. The van der Waals surface area contributed by atoms with Gasteiger partial charge < -0.3 is 0 Å². The number of benzene rings is 1. The molecule has 5 heteroatoms. The van der Waals surface area contributed by atoms with Crippen LogP contribution >= 0.6 is 11.6 Å². The first-order valence-corrected chi connectivity index (χ1v) is 9.06. The summed E-state index contributed by atoms with van der Waals surface area (Å²) in [5.74, 6) is 0. The van der Waals surface area contributed by atoms with Crippen molar-refractivity contribution in [2.45, 2.75) is 56.9 Å². The van der Waals surface area contributed by atoms with Gasteiger partial charge >= 0.3 is 0 Å². The third-order valence-electron chi connectivity index (χ3n) is 3.97. The van der Waals surface area contributed by atoms with Gasteiger partial charge in [-0.25, -0.2) is 8.42 Å². The molecule has 0 spiro atoms. The summed E-state index contributed by atoms with van der Waals surface area (Å²) in [6, 6.07) is 5.26. The van der Waals surface area contributed by atoms with E-state index in [4.69, 9.17) is 11.6 Å². The Kier molecular flexibility index (Phi) is 5.10. The Balaban J connectivity index is 2.35. The van der Waals surface area contributed by atoms with Crippen molar-refractivity contribution >= 4 is 21.6 Å². The Bertz CT molecular complexity index is 565. The number of hydrogen-bond acceptors (Lipinski definition) is 2. The highest BCUT2D eigenvalue weighted by Gasteiger charge is 2.32. The van der Waals surface area contributed by atoms with Crippen LogP contribution in [0, 0.1) is 6.92 Å². The molecule has 0 aliphatic heterocycles. The van der Waals surface area contributed by atoms with Gasteiger partial charge in [-0.1, -0.05) is 43.9 Å². The Labute approximate surface area is 127 Å². The van der Waals surface area contributed by atoms with Gasteiger partial charge in [0.05, 0.1) is 5.02 Å². The normalized spacial score (nSPS) is 17.6. The summed E-state index contributed by atoms with van der Waals surface area (Å²) < 4.78 is 27.3. The van der Waals surface area contributed by atoms with Crippen molar-refractivity contribution < 1.29 is 8.42 Å². The van der Waals surface area contributed by atoms with Crippen LogP contribution in [0.25, 0.3) is 0 Å². The number of aryl methyl sites for hydroxylation is 1. The third-order valence-corrected chi connectivity index (χ3v) is 6.48. The average Bonchev–Trinajstić information content (AvgIpc) is 2.40. The van der Waals surface area contributed by atoms with Crippen LogP contribution in [0.2, 0.25) is 5.02 Å². The van der Waals surface area contributed by atoms with Crippen LogP contribution < -0.4 is 0 Å². The minimum Gasteiger partial charge on any atom is -0.207 e. The summed E-state index contributed by atoms with van der Waals surface area (Å²) >= 11 is 6.15. The largest absolute Gasteiger partial charge is 0.244 e. The molecule has 3 nitrogen and oxygen atoms in total. The van der Waals surface area contributed by atoms with E-state index in [9.17, 15) is 8.42 Å². The maximum atomic E-state index is 12.8. The van der Waals surface area contributed by atoms with E-state index in [0.29, 0.717) is 11.6 Å². The van der Waals surface area contributed by atoms with Crippen molar-refractivity contribution in [3.8, 4) is 0 Å². The molecule has 0 radical (unpaired) electrons. The maximum absolute atomic E-state index is 12.8. The second kappa shape index (κ2) is 6.46. The molecule has 1 fully saturated rings. The van der Waals surface area contributed by atoms with E-state index in [-0.39, 0.29) is 10.9 Å². The predicted molar refractivity (Wildman–Crippen MR) is 82.6 cm³/mol. The van der Waals surface area contributed by atoms with Crippen LogP contribution in [0.15, 0.2) is 23.1 Å². The molecular formula is C15H22ClNO2S. The van der Waals surface area contributed by atoms with Gasteiger partial charge in [-0.15, -0.1) is 0 Å². The van der Waals surface area contributed by atoms with Gasteiger partial charge in [0.1, 0.15) is 4.90 Å². The van der Waals surface area contributed by atoms with Gasteiger partial charge in [-0.05, 0) is 37.5 Å². The number of rotatable bonds is 4. The fourth-order valence-electron chi connectivity index (χ4n) is 2.93. The SMILES string of the molecule is CCN(C1CCCCC1)S(=O)(=O)c1ccc(C)cc1Cl. The summed E-state index contributed by atoms with van der Waals surface area (Å²) in [6.45, 7) is 4.30. The van der Waals surface area contributed by atoms with Gasteiger partial charge in [0.2, 0.25) is 10.0 Å². The second-order valence-corrected chi connectivity index (χ2v) is 7.70. The smallest absolute Gasteiger partial charge is 0.207 e. The van der Waals surface area contributed by atoms with E-state index >= 15 is 0 Å². The van der Waals surface area contributed by atoms with Gasteiger partial charge in [0.25, 0.3) is 0 Å². The number of halogens is 1. The van der Waals surface area contributed by atoms with Gasteiger partial charge in [0, 0.05) is 12.6 Å². The molecule has 0 amide bonds. The van der Waals surface area contributed by atoms with Crippen LogP contribution in [-0.2, 0) is 10.0 Å². The standard InChI is InChI=1S/C15H22ClNO2S/c1-3-17(13-7-5-4-6-8-13)20(18,19)15-10-9-12(2)11-14(15)16/h9-11,13H,3-8H2,1-2H3. The van der Waals surface area contributed by atoms with Crippen LogP contribution in [0.5, 0.6) is 0 Å². The molecule has 1 aliphatic rings. The first-order valence-electron chi connectivity index (χ1n) is 7.25. The van der Waals surface area contributed by atoms with Gasteiger partial charge in [-0.2, -0.15) is 4.31 Å². The number of nitrogens with zero attached hydrogens (tertiary/aromatic N) is 1. The molecule has 0 N–H and O–H groups in total. The molecule has 1 aromatic carbocycles. The summed E-state index contributed by atoms with van der Waals surface area (Å²) in [5.41, 5.74) is 0.967. The Morgan fingerprint density at radius 3 is 2.45 bits per heavy atom. The molecule has 0 saturated heterocycles. The summed E-state index contributed by atoms with van der Waals surface area (Å²) in [6.07, 6.45) is 5.34. The fourth-order valence-corrected chi connectivity index (χ4v) is 5.20. The van der Waals surface area contributed by atoms with Crippen molar-refractivity contribution in [2.24, 2.45) is 0 Å². The Morgan fingerprint density at radius 2 is 1.90 bits per heavy atom. The monoisotopic (exact) mass is 315 g/mol. The Morgan fingerprint density at radius 1 is 1.25 bits per heavy atom. The van der Waals surface area contributed by atoms with Crippen molar-refractivity contribution in [3.63, 3.8) is 0 Å². The van der Waals surface area contributed by atoms with Crippen LogP contribution in [0.1, 0.15) is 44.6 Å². The van der Waals surface area contributed by atoms with E-state index in [1.54, 1.807) is 22.5 Å². The molecule has 0 aromatic heterocycles. The molecule has 0 atom stereocenters. The third kappa shape index (κ3) is 3.18. The molecule has 1 saturated carbocycles. The first kappa shape index (κ1) is 15.8. The minimum atomic E-state index is -3.50. The lowest BCUT2D eigenvalue weighted by Crippen LogP contribution is -2.41. The van der Waals surface area contributed by atoms with E-state index in [2.05, 4.69) is 0 Å². The number of hydrogen-bond donors (Lipinski definition) is 0. The summed E-state index contributed by atoms with van der Waals surface area (Å²) in [4.78, 5) is 0.234. The highest BCUT2D eigenvalue weighted by atomic mass is 35.5. The maximum Gasteiger partial charge on any atom is 0.244 e. The molecule has 112 valence electrons. The summed E-state index contributed by atoms with van der Waals surface area (Å²) in [7, 11) is -3.50. The molecule has 1 aromatic rings.